The first kappa shape index (κ1) is 29.7. The number of fused-ring (bicyclic) bond motifs is 1. The van der Waals surface area contributed by atoms with E-state index in [1.165, 1.54) is 7.11 Å². The van der Waals surface area contributed by atoms with Gasteiger partial charge in [-0.2, -0.15) is 0 Å². The minimum Gasteiger partial charge on any atom is -0.492 e. The van der Waals surface area contributed by atoms with Crippen LogP contribution in [0.4, 0.5) is 11.4 Å². The monoisotopic (exact) mass is 596 g/mol. The summed E-state index contributed by atoms with van der Waals surface area (Å²) >= 11 is 0. The highest BCUT2D eigenvalue weighted by Gasteiger charge is 2.70. The Kier molecular flexibility index (Phi) is 7.21. The normalized spacial score (nSPS) is 17.9. The zero-order valence-electron chi connectivity index (χ0n) is 24.6. The molecule has 224 valence electrons. The number of Topliss-reactive ketones (excluding diaryl/α,β-unsaturated/α-hetero) is 2. The number of para-hydroxylation sites is 1. The molecule has 1 saturated carbocycles. The molecule has 5 rings (SSSR count). The van der Waals surface area contributed by atoms with Crippen molar-refractivity contribution in [2.75, 3.05) is 49.6 Å². The van der Waals surface area contributed by atoms with Gasteiger partial charge in [0.05, 0.1) is 30.3 Å². The van der Waals surface area contributed by atoms with Gasteiger partial charge in [-0.05, 0) is 29.2 Å². The summed E-state index contributed by atoms with van der Waals surface area (Å²) in [4.78, 5) is 41.6. The molecular weight excluding hydrogens is 560 g/mol. The van der Waals surface area contributed by atoms with Crippen molar-refractivity contribution in [1.29, 1.82) is 0 Å². The van der Waals surface area contributed by atoms with Gasteiger partial charge < -0.3 is 14.6 Å². The molecule has 1 aliphatic heterocycles. The Morgan fingerprint density at radius 2 is 1.64 bits per heavy atom. The number of sulfonamides is 1. The predicted molar refractivity (Wildman–Crippen MR) is 160 cm³/mol. The van der Waals surface area contributed by atoms with E-state index < -0.39 is 33.0 Å². The molecule has 2 aromatic carbocycles. The lowest BCUT2D eigenvalue weighted by atomic mass is 9.86. The van der Waals surface area contributed by atoms with Crippen LogP contribution in [0, 0.1) is 0 Å². The Balaban J connectivity index is 1.58. The van der Waals surface area contributed by atoms with Crippen LogP contribution in [-0.2, 0) is 37.6 Å². The molecule has 2 heterocycles. The number of carbonyl (C=O) groups excluding carboxylic acids is 3. The number of hydrogen-bond donors (Lipinski definition) is 3. The molecule has 0 spiro atoms. The minimum atomic E-state index is -3.64. The topological polar surface area (TPSA) is 156 Å². The number of benzene rings is 2. The van der Waals surface area contributed by atoms with Crippen molar-refractivity contribution < 1.29 is 27.5 Å². The number of piperazine rings is 1. The number of methoxy groups -OCH3 is 1. The molecule has 0 bridgehead atoms. The molecule has 2 aliphatic rings. The third-order valence-electron chi connectivity index (χ3n) is 7.97. The zero-order chi connectivity index (χ0) is 30.8. The maximum Gasteiger partial charge on any atom is 0.272 e. The van der Waals surface area contributed by atoms with Gasteiger partial charge >= 0.3 is 0 Å². The first-order valence-corrected chi connectivity index (χ1v) is 15.4. The highest BCUT2D eigenvalue weighted by Crippen LogP contribution is 2.47. The van der Waals surface area contributed by atoms with Crippen molar-refractivity contribution in [3.63, 3.8) is 0 Å². The van der Waals surface area contributed by atoms with Crippen LogP contribution in [0.2, 0.25) is 0 Å². The molecule has 2 fully saturated rings. The SMILES string of the molecule is COc1c(NC(=O)c2cc3cccc(C4(N5CCN(N)CC5)C(=O)C4=O)c3n2C)cc(C(C)(C)C)cc1NS(C)(=O)=O. The third-order valence-corrected chi connectivity index (χ3v) is 8.56. The predicted octanol–water partition coefficient (Wildman–Crippen LogP) is 1.95. The zero-order valence-corrected chi connectivity index (χ0v) is 25.4. The van der Waals surface area contributed by atoms with E-state index in [4.69, 9.17) is 10.6 Å². The van der Waals surface area contributed by atoms with E-state index in [1.54, 1.807) is 47.0 Å². The van der Waals surface area contributed by atoms with Gasteiger partial charge in [-0.15, -0.1) is 0 Å². The summed E-state index contributed by atoms with van der Waals surface area (Å²) in [6, 6.07) is 10.5. The van der Waals surface area contributed by atoms with Crippen molar-refractivity contribution in [2.24, 2.45) is 12.9 Å². The number of hydrogen-bond acceptors (Lipinski definition) is 9. The summed E-state index contributed by atoms with van der Waals surface area (Å²) in [6.07, 6.45) is 1.04. The molecule has 0 unspecified atom stereocenters. The van der Waals surface area contributed by atoms with Gasteiger partial charge in [0.2, 0.25) is 21.6 Å². The maximum absolute atomic E-state index is 13.8. The number of aromatic nitrogens is 1. The van der Waals surface area contributed by atoms with Crippen LogP contribution < -0.4 is 20.6 Å². The molecule has 1 saturated heterocycles. The van der Waals surface area contributed by atoms with Crippen molar-refractivity contribution in [1.82, 2.24) is 14.5 Å². The minimum absolute atomic E-state index is 0.161. The summed E-state index contributed by atoms with van der Waals surface area (Å²) in [5.41, 5.74) is 0.914. The van der Waals surface area contributed by atoms with Gasteiger partial charge in [0.15, 0.2) is 11.3 Å². The largest absolute Gasteiger partial charge is 0.492 e. The molecule has 1 amide bonds. The Hall–Kier alpha value is -3.78. The van der Waals surface area contributed by atoms with Crippen molar-refractivity contribution in [3.05, 3.63) is 53.2 Å². The van der Waals surface area contributed by atoms with Gasteiger partial charge in [-0.25, -0.2) is 13.4 Å². The number of amides is 1. The number of ether oxygens (including phenoxy) is 1. The number of carbonyl (C=O) groups is 3. The average Bonchev–Trinajstić information content (AvgIpc) is 3.26. The molecule has 0 radical (unpaired) electrons. The number of nitrogens with one attached hydrogen (secondary N) is 2. The summed E-state index contributed by atoms with van der Waals surface area (Å²) in [5, 5.41) is 5.25. The van der Waals surface area contributed by atoms with Crippen molar-refractivity contribution in [2.45, 2.75) is 31.7 Å². The van der Waals surface area contributed by atoms with E-state index >= 15 is 0 Å². The number of nitrogens with two attached hydrogens (primary N) is 1. The van der Waals surface area contributed by atoms with Gasteiger partial charge in [-0.3, -0.25) is 29.8 Å². The lowest BCUT2D eigenvalue weighted by Gasteiger charge is -2.36. The van der Waals surface area contributed by atoms with Crippen LogP contribution in [0.1, 0.15) is 42.4 Å². The van der Waals surface area contributed by atoms with Gasteiger partial charge in [0, 0.05) is 44.2 Å². The highest BCUT2D eigenvalue weighted by molar-refractivity contribution is 7.92. The van der Waals surface area contributed by atoms with E-state index in [0.29, 0.717) is 42.6 Å². The van der Waals surface area contributed by atoms with E-state index in [2.05, 4.69) is 10.0 Å². The van der Waals surface area contributed by atoms with Crippen molar-refractivity contribution in [3.8, 4) is 5.75 Å². The second-order valence-electron chi connectivity index (χ2n) is 11.9. The molecule has 4 N–H and O–H groups in total. The number of aryl methyl sites for hydroxylation is 1. The summed E-state index contributed by atoms with van der Waals surface area (Å²) in [7, 11) is -0.537. The third kappa shape index (κ3) is 4.96. The smallest absolute Gasteiger partial charge is 0.272 e. The molecule has 0 atom stereocenters. The van der Waals surface area contributed by atoms with Crippen LogP contribution in [-0.4, -0.2) is 79.9 Å². The molecule has 42 heavy (non-hydrogen) atoms. The van der Waals surface area contributed by atoms with E-state index in [9.17, 15) is 22.8 Å². The molecule has 13 heteroatoms. The second-order valence-corrected chi connectivity index (χ2v) is 13.7. The fourth-order valence-electron chi connectivity index (χ4n) is 5.75. The van der Waals surface area contributed by atoms with Crippen LogP contribution in [0.5, 0.6) is 5.75 Å². The Bertz CT molecular complexity index is 1720. The molecular formula is C29H36N6O6S. The van der Waals surface area contributed by atoms with Crippen LogP contribution in [0.3, 0.4) is 0 Å². The molecule has 1 aliphatic carbocycles. The highest BCUT2D eigenvalue weighted by atomic mass is 32.2. The number of nitrogens with zero attached hydrogens (tertiary/aromatic N) is 3. The first-order chi connectivity index (χ1) is 19.6. The molecule has 1 aromatic heterocycles. The maximum atomic E-state index is 13.8. The second kappa shape index (κ2) is 10.2. The molecule has 3 aromatic rings. The number of hydrazine groups is 1. The Morgan fingerprint density at radius 3 is 2.19 bits per heavy atom. The number of ketones is 2. The van der Waals surface area contributed by atoms with Gasteiger partial charge in [0.1, 0.15) is 5.69 Å². The summed E-state index contributed by atoms with van der Waals surface area (Å²) < 4.78 is 33.9. The fourth-order valence-corrected chi connectivity index (χ4v) is 6.30. The quantitative estimate of drug-likeness (QED) is 0.211. The molecule has 12 nitrogen and oxygen atoms in total. The standard InChI is InChI=1S/C29H36N6O6S/c1-28(2,3)18-15-20(24(41-5)21(16-18)32-42(6,39)40)31-27(38)22-14-17-8-7-9-19(23(17)33(22)4)29(25(36)26(29)37)34-10-12-35(30)13-11-34/h7-9,14-16,32H,10-13,30H2,1-6H3,(H,31,38). The van der Waals surface area contributed by atoms with E-state index in [1.807, 2.05) is 31.7 Å². The lowest BCUT2D eigenvalue weighted by molar-refractivity contribution is -0.122. The van der Waals surface area contributed by atoms with Gasteiger partial charge in [0.25, 0.3) is 5.91 Å². The summed E-state index contributed by atoms with van der Waals surface area (Å²) in [6.45, 7) is 7.86. The number of anilines is 2. The van der Waals surface area contributed by atoms with E-state index in [0.717, 1.165) is 11.8 Å². The van der Waals surface area contributed by atoms with E-state index in [-0.39, 0.29) is 28.2 Å². The summed E-state index contributed by atoms with van der Waals surface area (Å²) in [5.74, 6) is 4.66. The fraction of sp³-hybridized carbons (Fsp3) is 0.414. The Labute approximate surface area is 244 Å². The first-order valence-electron chi connectivity index (χ1n) is 13.5. The van der Waals surface area contributed by atoms with Gasteiger partial charge in [-0.1, -0.05) is 39.0 Å². The van der Waals surface area contributed by atoms with Crippen molar-refractivity contribution >= 4 is 49.8 Å². The average molecular weight is 597 g/mol. The van der Waals surface area contributed by atoms with Crippen LogP contribution in [0.25, 0.3) is 10.9 Å². The Morgan fingerprint density at radius 1 is 1.02 bits per heavy atom. The number of rotatable bonds is 7. The van der Waals surface area contributed by atoms with Crippen LogP contribution >= 0.6 is 0 Å². The van der Waals surface area contributed by atoms with Crippen LogP contribution in [0.15, 0.2) is 36.4 Å². The lowest BCUT2D eigenvalue weighted by Crippen LogP contribution is -2.54.